The molecule has 1 saturated heterocycles. The van der Waals surface area contributed by atoms with Crippen LogP contribution in [-0.4, -0.2) is 65.4 Å². The first-order valence-corrected chi connectivity index (χ1v) is 10.1. The summed E-state index contributed by atoms with van der Waals surface area (Å²) in [5, 5.41) is 11.1. The van der Waals surface area contributed by atoms with E-state index in [9.17, 15) is 14.7 Å². The molecule has 1 N–H and O–H groups in total. The number of benzene rings is 1. The number of ether oxygens (including phenoxy) is 1. The third kappa shape index (κ3) is 3.68. The Morgan fingerprint density at radius 2 is 2.00 bits per heavy atom. The zero-order chi connectivity index (χ0) is 21.3. The largest absolute Gasteiger partial charge is 0.507 e. The monoisotopic (exact) mass is 407 g/mol. The Hall–Kier alpha value is -3.19. The lowest BCUT2D eigenvalue weighted by Gasteiger charge is -2.25. The van der Waals surface area contributed by atoms with Crippen LogP contribution in [0.25, 0.3) is 5.76 Å². The van der Waals surface area contributed by atoms with Crippen molar-refractivity contribution in [2.24, 2.45) is 0 Å². The van der Waals surface area contributed by atoms with Gasteiger partial charge in [-0.2, -0.15) is 0 Å². The molecule has 2 aliphatic heterocycles. The predicted octanol–water partition coefficient (Wildman–Crippen LogP) is 2.39. The lowest BCUT2D eigenvalue weighted by Crippen LogP contribution is -2.32. The van der Waals surface area contributed by atoms with Gasteiger partial charge in [-0.05, 0) is 68.5 Å². The van der Waals surface area contributed by atoms with Crippen molar-refractivity contribution in [3.05, 3.63) is 65.0 Å². The summed E-state index contributed by atoms with van der Waals surface area (Å²) in [6.45, 7) is 1.81. The lowest BCUT2D eigenvalue weighted by atomic mass is 9.95. The average Bonchev–Trinajstić information content (AvgIpc) is 3.31. The molecule has 0 aliphatic carbocycles. The molecule has 0 radical (unpaired) electrons. The van der Waals surface area contributed by atoms with E-state index < -0.39 is 17.7 Å². The lowest BCUT2D eigenvalue weighted by molar-refractivity contribution is -0.139. The minimum Gasteiger partial charge on any atom is -0.507 e. The molecule has 1 aromatic heterocycles. The molecule has 1 aromatic carbocycles. The normalized spacial score (nSPS) is 20.0. The zero-order valence-electron chi connectivity index (χ0n) is 17.2. The Labute approximate surface area is 175 Å². The number of carbonyl (C=O) groups is 2. The number of aromatic nitrogens is 1. The van der Waals surface area contributed by atoms with Gasteiger partial charge >= 0.3 is 0 Å². The van der Waals surface area contributed by atoms with Gasteiger partial charge in [0, 0.05) is 30.9 Å². The molecular formula is C23H25N3O4. The van der Waals surface area contributed by atoms with Gasteiger partial charge in [0.1, 0.15) is 11.5 Å². The van der Waals surface area contributed by atoms with E-state index in [1.165, 1.54) is 0 Å². The summed E-state index contributed by atoms with van der Waals surface area (Å²) in [4.78, 5) is 33.5. The SMILES string of the molecule is CN(C)CCCN1C(=O)C(=O)/C(=C(\O)c2ccc3c(c2)CCO3)C1c1ccncc1. The van der Waals surface area contributed by atoms with Gasteiger partial charge in [0.25, 0.3) is 11.7 Å². The topological polar surface area (TPSA) is 83.0 Å². The first kappa shape index (κ1) is 20.1. The van der Waals surface area contributed by atoms with E-state index in [-0.39, 0.29) is 11.3 Å². The highest BCUT2D eigenvalue weighted by molar-refractivity contribution is 6.46. The summed E-state index contributed by atoms with van der Waals surface area (Å²) in [5.74, 6) is -0.598. The van der Waals surface area contributed by atoms with Crippen LogP contribution in [0, 0.1) is 0 Å². The predicted molar refractivity (Wildman–Crippen MR) is 112 cm³/mol. The molecular weight excluding hydrogens is 382 g/mol. The van der Waals surface area contributed by atoms with Crippen molar-refractivity contribution >= 4 is 17.4 Å². The number of aliphatic hydroxyl groups is 1. The van der Waals surface area contributed by atoms with Crippen LogP contribution in [0.5, 0.6) is 5.75 Å². The first-order chi connectivity index (χ1) is 14.5. The number of carbonyl (C=O) groups excluding carboxylic acids is 2. The average molecular weight is 407 g/mol. The van der Waals surface area contributed by atoms with Crippen molar-refractivity contribution in [2.45, 2.75) is 18.9 Å². The summed E-state index contributed by atoms with van der Waals surface area (Å²) >= 11 is 0. The van der Waals surface area contributed by atoms with E-state index in [1.807, 2.05) is 25.1 Å². The van der Waals surface area contributed by atoms with E-state index in [0.29, 0.717) is 18.7 Å². The maximum absolute atomic E-state index is 13.0. The number of hydrogen-bond donors (Lipinski definition) is 1. The van der Waals surface area contributed by atoms with Crippen LogP contribution in [0.15, 0.2) is 48.3 Å². The second-order valence-corrected chi connectivity index (χ2v) is 7.85. The van der Waals surface area contributed by atoms with Crippen molar-refractivity contribution in [1.82, 2.24) is 14.8 Å². The summed E-state index contributed by atoms with van der Waals surface area (Å²) in [5.41, 5.74) is 2.37. The number of amides is 1. The van der Waals surface area contributed by atoms with Crippen molar-refractivity contribution in [3.63, 3.8) is 0 Å². The number of rotatable bonds is 6. The summed E-state index contributed by atoms with van der Waals surface area (Å²) in [7, 11) is 3.93. The third-order valence-electron chi connectivity index (χ3n) is 5.53. The Kier molecular flexibility index (Phi) is 5.55. The maximum atomic E-state index is 13.0. The highest BCUT2D eigenvalue weighted by Gasteiger charge is 2.45. The van der Waals surface area contributed by atoms with Crippen LogP contribution in [0.2, 0.25) is 0 Å². The van der Waals surface area contributed by atoms with Gasteiger partial charge in [0.2, 0.25) is 0 Å². The Morgan fingerprint density at radius 1 is 1.23 bits per heavy atom. The van der Waals surface area contributed by atoms with Crippen LogP contribution < -0.4 is 4.74 Å². The second kappa shape index (κ2) is 8.28. The van der Waals surface area contributed by atoms with Crippen LogP contribution >= 0.6 is 0 Å². The van der Waals surface area contributed by atoms with Crippen molar-refractivity contribution in [3.8, 4) is 5.75 Å². The molecule has 0 saturated carbocycles. The fraction of sp³-hybridized carbons (Fsp3) is 0.348. The molecule has 0 bridgehead atoms. The number of hydrogen-bond acceptors (Lipinski definition) is 6. The summed E-state index contributed by atoms with van der Waals surface area (Å²) in [6, 6.07) is 8.27. The zero-order valence-corrected chi connectivity index (χ0v) is 17.2. The minimum atomic E-state index is -0.657. The molecule has 1 amide bonds. The summed E-state index contributed by atoms with van der Waals surface area (Å²) < 4.78 is 5.53. The Bertz CT molecular complexity index is 1000. The molecule has 0 spiro atoms. The maximum Gasteiger partial charge on any atom is 0.295 e. The van der Waals surface area contributed by atoms with Crippen LogP contribution in [0.4, 0.5) is 0 Å². The molecule has 1 atom stereocenters. The van der Waals surface area contributed by atoms with Crippen molar-refractivity contribution in [1.29, 1.82) is 0 Å². The molecule has 3 heterocycles. The quantitative estimate of drug-likeness (QED) is 0.450. The highest BCUT2D eigenvalue weighted by atomic mass is 16.5. The van der Waals surface area contributed by atoms with E-state index in [1.54, 1.807) is 41.6 Å². The second-order valence-electron chi connectivity index (χ2n) is 7.85. The number of aliphatic hydroxyl groups excluding tert-OH is 1. The van der Waals surface area contributed by atoms with Crippen molar-refractivity contribution in [2.75, 3.05) is 33.8 Å². The van der Waals surface area contributed by atoms with Gasteiger partial charge in [-0.1, -0.05) is 0 Å². The standard InChI is InChI=1S/C23H25N3O4/c1-25(2)11-3-12-26-20(15-6-9-24-10-7-15)19(22(28)23(26)29)21(27)17-4-5-18-16(14-17)8-13-30-18/h4-7,9-10,14,20,27H,3,8,11-13H2,1-2H3/b21-19-. The van der Waals surface area contributed by atoms with Crippen LogP contribution in [-0.2, 0) is 16.0 Å². The molecule has 1 unspecified atom stereocenters. The van der Waals surface area contributed by atoms with Crippen LogP contribution in [0.3, 0.4) is 0 Å². The number of ketones is 1. The first-order valence-electron chi connectivity index (χ1n) is 10.1. The Morgan fingerprint density at radius 3 is 2.73 bits per heavy atom. The molecule has 7 heteroatoms. The van der Waals surface area contributed by atoms with E-state index >= 15 is 0 Å². The van der Waals surface area contributed by atoms with Gasteiger partial charge in [0.15, 0.2) is 0 Å². The van der Waals surface area contributed by atoms with E-state index in [0.717, 1.165) is 36.3 Å². The van der Waals surface area contributed by atoms with E-state index in [4.69, 9.17) is 4.74 Å². The van der Waals surface area contributed by atoms with Gasteiger partial charge in [-0.3, -0.25) is 14.6 Å². The van der Waals surface area contributed by atoms with Gasteiger partial charge in [-0.15, -0.1) is 0 Å². The fourth-order valence-electron chi connectivity index (χ4n) is 4.05. The number of pyridine rings is 1. The van der Waals surface area contributed by atoms with Crippen molar-refractivity contribution < 1.29 is 19.4 Å². The number of Topliss-reactive ketones (excluding diaryl/α,β-unsaturated/α-hetero) is 1. The molecule has 2 aromatic rings. The minimum absolute atomic E-state index is 0.120. The Balaban J connectivity index is 1.77. The molecule has 7 nitrogen and oxygen atoms in total. The third-order valence-corrected chi connectivity index (χ3v) is 5.53. The number of nitrogens with zero attached hydrogens (tertiary/aromatic N) is 3. The molecule has 1 fully saturated rings. The van der Waals surface area contributed by atoms with Gasteiger partial charge in [-0.25, -0.2) is 0 Å². The molecule has 2 aliphatic rings. The van der Waals surface area contributed by atoms with Gasteiger partial charge in [0.05, 0.1) is 18.2 Å². The van der Waals surface area contributed by atoms with Crippen LogP contribution in [0.1, 0.15) is 29.2 Å². The number of fused-ring (bicyclic) bond motifs is 1. The summed E-state index contributed by atoms with van der Waals surface area (Å²) in [6.07, 6.45) is 4.73. The van der Waals surface area contributed by atoms with E-state index in [2.05, 4.69) is 4.98 Å². The molecule has 4 rings (SSSR count). The molecule has 30 heavy (non-hydrogen) atoms. The highest BCUT2D eigenvalue weighted by Crippen LogP contribution is 2.40. The van der Waals surface area contributed by atoms with Gasteiger partial charge < -0.3 is 19.6 Å². The fourth-order valence-corrected chi connectivity index (χ4v) is 4.05. The smallest absolute Gasteiger partial charge is 0.295 e. The molecule has 156 valence electrons. The number of likely N-dealkylation sites (tertiary alicyclic amines) is 1.